The molecular formula is C23H25N3O5. The average Bonchev–Trinajstić information content (AvgIpc) is 3.24. The molecule has 0 spiro atoms. The zero-order chi connectivity index (χ0) is 21.6. The van der Waals surface area contributed by atoms with Crippen LogP contribution in [0.3, 0.4) is 0 Å². The molecular weight excluding hydrogens is 398 g/mol. The molecule has 1 fully saturated rings. The first-order valence-electron chi connectivity index (χ1n) is 10.1. The molecule has 8 heteroatoms. The van der Waals surface area contributed by atoms with Gasteiger partial charge in [-0.3, -0.25) is 4.79 Å². The number of nitrogens with zero attached hydrogens (tertiary/aromatic N) is 3. The Bertz CT molecular complexity index is 1010. The zero-order valence-electron chi connectivity index (χ0n) is 17.6. The number of aromatic nitrogens is 2. The molecule has 1 aromatic heterocycles. The minimum atomic E-state index is 0.0965. The van der Waals surface area contributed by atoms with Crippen molar-refractivity contribution in [2.75, 3.05) is 27.3 Å². The van der Waals surface area contributed by atoms with Crippen molar-refractivity contribution in [3.8, 4) is 17.2 Å². The SMILES string of the molecule is COc1ccc(OCc2nc(C3CN(C(=O)CCc4cccc(OC)c4)C3)no2)cc1. The van der Waals surface area contributed by atoms with Crippen molar-refractivity contribution in [2.24, 2.45) is 0 Å². The highest BCUT2D eigenvalue weighted by atomic mass is 16.5. The van der Waals surface area contributed by atoms with Gasteiger partial charge in [0.05, 0.1) is 20.1 Å². The highest BCUT2D eigenvalue weighted by Gasteiger charge is 2.34. The van der Waals surface area contributed by atoms with Gasteiger partial charge in [0.2, 0.25) is 5.91 Å². The second-order valence-electron chi connectivity index (χ2n) is 7.36. The second kappa shape index (κ2) is 9.51. The van der Waals surface area contributed by atoms with Crippen LogP contribution >= 0.6 is 0 Å². The standard InChI is InChI=1S/C23H25N3O5/c1-28-18-7-9-19(10-8-18)30-15-21-24-23(25-31-21)17-13-26(14-17)22(27)11-6-16-4-3-5-20(12-16)29-2/h3-5,7-10,12,17H,6,11,13-15H2,1-2H3. The van der Waals surface area contributed by atoms with Gasteiger partial charge in [-0.2, -0.15) is 4.98 Å². The third-order valence-corrected chi connectivity index (χ3v) is 5.27. The van der Waals surface area contributed by atoms with Crippen LogP contribution in [0, 0.1) is 0 Å². The first kappa shape index (κ1) is 20.7. The Morgan fingerprint density at radius 2 is 1.81 bits per heavy atom. The summed E-state index contributed by atoms with van der Waals surface area (Å²) in [6.45, 7) is 1.40. The lowest BCUT2D eigenvalue weighted by Crippen LogP contribution is -2.48. The number of amides is 1. The number of hydrogen-bond acceptors (Lipinski definition) is 7. The molecule has 2 aromatic carbocycles. The van der Waals surface area contributed by atoms with E-state index in [1.807, 2.05) is 53.4 Å². The number of methoxy groups -OCH3 is 2. The monoisotopic (exact) mass is 423 g/mol. The Morgan fingerprint density at radius 1 is 1.06 bits per heavy atom. The van der Waals surface area contributed by atoms with E-state index in [0.717, 1.165) is 17.1 Å². The summed E-state index contributed by atoms with van der Waals surface area (Å²) in [4.78, 5) is 18.7. The van der Waals surface area contributed by atoms with Gasteiger partial charge in [0.25, 0.3) is 5.89 Å². The van der Waals surface area contributed by atoms with E-state index in [1.165, 1.54) is 0 Å². The highest BCUT2D eigenvalue weighted by Crippen LogP contribution is 2.26. The molecule has 1 amide bonds. The Hall–Kier alpha value is -3.55. The fraction of sp³-hybridized carbons (Fsp3) is 0.348. The second-order valence-corrected chi connectivity index (χ2v) is 7.36. The summed E-state index contributed by atoms with van der Waals surface area (Å²) in [7, 11) is 3.25. The quantitative estimate of drug-likeness (QED) is 0.522. The molecule has 0 aliphatic carbocycles. The summed E-state index contributed by atoms with van der Waals surface area (Å²) in [5.41, 5.74) is 1.09. The Labute approximate surface area is 180 Å². The van der Waals surface area contributed by atoms with Gasteiger partial charge in [-0.05, 0) is 48.4 Å². The minimum Gasteiger partial charge on any atom is -0.497 e. The van der Waals surface area contributed by atoms with Crippen LogP contribution in [-0.2, 0) is 17.8 Å². The molecule has 4 rings (SSSR count). The predicted octanol–water partition coefficient (Wildman–Crippen LogP) is 3.22. The third kappa shape index (κ3) is 5.14. The van der Waals surface area contributed by atoms with Crippen molar-refractivity contribution in [1.82, 2.24) is 15.0 Å². The number of aryl methyl sites for hydroxylation is 1. The summed E-state index contributed by atoms with van der Waals surface area (Å²) >= 11 is 0. The number of hydrogen-bond donors (Lipinski definition) is 0. The van der Waals surface area contributed by atoms with E-state index < -0.39 is 0 Å². The first-order valence-corrected chi connectivity index (χ1v) is 10.1. The lowest BCUT2D eigenvalue weighted by molar-refractivity contribution is -0.135. The van der Waals surface area contributed by atoms with Gasteiger partial charge in [0.1, 0.15) is 17.2 Å². The van der Waals surface area contributed by atoms with Crippen LogP contribution in [0.1, 0.15) is 29.6 Å². The van der Waals surface area contributed by atoms with Crippen LogP contribution in [0.2, 0.25) is 0 Å². The van der Waals surface area contributed by atoms with Crippen LogP contribution in [0.25, 0.3) is 0 Å². The third-order valence-electron chi connectivity index (χ3n) is 5.27. The van der Waals surface area contributed by atoms with Crippen LogP contribution in [-0.4, -0.2) is 48.3 Å². The van der Waals surface area contributed by atoms with E-state index >= 15 is 0 Å². The van der Waals surface area contributed by atoms with Gasteiger partial charge in [0, 0.05) is 19.5 Å². The molecule has 1 aliphatic rings. The number of benzene rings is 2. The minimum absolute atomic E-state index is 0.0965. The van der Waals surface area contributed by atoms with E-state index in [1.54, 1.807) is 14.2 Å². The molecule has 31 heavy (non-hydrogen) atoms. The molecule has 0 unspecified atom stereocenters. The smallest absolute Gasteiger partial charge is 0.264 e. The predicted molar refractivity (Wildman–Crippen MR) is 112 cm³/mol. The van der Waals surface area contributed by atoms with Crippen LogP contribution in [0.4, 0.5) is 0 Å². The summed E-state index contributed by atoms with van der Waals surface area (Å²) in [5.74, 6) is 3.51. The molecule has 0 radical (unpaired) electrons. The lowest BCUT2D eigenvalue weighted by atomic mass is 9.98. The maximum atomic E-state index is 12.4. The maximum Gasteiger partial charge on any atom is 0.264 e. The van der Waals surface area contributed by atoms with Gasteiger partial charge in [-0.1, -0.05) is 17.3 Å². The molecule has 0 bridgehead atoms. The van der Waals surface area contributed by atoms with E-state index in [2.05, 4.69) is 10.1 Å². The average molecular weight is 423 g/mol. The summed E-state index contributed by atoms with van der Waals surface area (Å²) in [6.07, 6.45) is 1.15. The van der Waals surface area contributed by atoms with Crippen molar-refractivity contribution in [3.05, 3.63) is 65.8 Å². The molecule has 0 atom stereocenters. The van der Waals surface area contributed by atoms with Crippen molar-refractivity contribution in [1.29, 1.82) is 0 Å². The largest absolute Gasteiger partial charge is 0.497 e. The Balaban J connectivity index is 1.21. The summed E-state index contributed by atoms with van der Waals surface area (Å²) in [5, 5.41) is 4.05. The zero-order valence-corrected chi connectivity index (χ0v) is 17.6. The summed E-state index contributed by atoms with van der Waals surface area (Å²) < 4.78 is 21.3. The molecule has 162 valence electrons. The fourth-order valence-corrected chi connectivity index (χ4v) is 3.39. The number of carbonyl (C=O) groups excluding carboxylic acids is 1. The number of likely N-dealkylation sites (tertiary alicyclic amines) is 1. The number of ether oxygens (including phenoxy) is 3. The molecule has 0 saturated carbocycles. The van der Waals surface area contributed by atoms with Gasteiger partial charge in [-0.25, -0.2) is 0 Å². The normalized spacial score (nSPS) is 13.5. The van der Waals surface area contributed by atoms with Gasteiger partial charge < -0.3 is 23.6 Å². The van der Waals surface area contributed by atoms with Crippen molar-refractivity contribution in [2.45, 2.75) is 25.4 Å². The molecule has 0 N–H and O–H groups in total. The van der Waals surface area contributed by atoms with E-state index in [-0.39, 0.29) is 18.4 Å². The van der Waals surface area contributed by atoms with Gasteiger partial charge >= 0.3 is 0 Å². The van der Waals surface area contributed by atoms with Crippen LogP contribution < -0.4 is 14.2 Å². The lowest BCUT2D eigenvalue weighted by Gasteiger charge is -2.37. The number of carbonyl (C=O) groups is 1. The Morgan fingerprint density at radius 3 is 2.55 bits per heavy atom. The van der Waals surface area contributed by atoms with E-state index in [0.29, 0.717) is 43.4 Å². The van der Waals surface area contributed by atoms with Crippen LogP contribution in [0.15, 0.2) is 53.1 Å². The van der Waals surface area contributed by atoms with E-state index in [9.17, 15) is 4.79 Å². The first-order chi connectivity index (χ1) is 15.1. The van der Waals surface area contributed by atoms with Crippen molar-refractivity contribution in [3.63, 3.8) is 0 Å². The van der Waals surface area contributed by atoms with Crippen molar-refractivity contribution < 1.29 is 23.5 Å². The Kier molecular flexibility index (Phi) is 6.35. The van der Waals surface area contributed by atoms with Gasteiger partial charge in [0.15, 0.2) is 12.4 Å². The molecule has 8 nitrogen and oxygen atoms in total. The maximum absolute atomic E-state index is 12.4. The fourth-order valence-electron chi connectivity index (χ4n) is 3.39. The summed E-state index contributed by atoms with van der Waals surface area (Å²) in [6, 6.07) is 15.1. The molecule has 1 aliphatic heterocycles. The number of rotatable bonds is 9. The van der Waals surface area contributed by atoms with Gasteiger partial charge in [-0.15, -0.1) is 0 Å². The molecule has 3 aromatic rings. The highest BCUT2D eigenvalue weighted by molar-refractivity contribution is 5.77. The van der Waals surface area contributed by atoms with Crippen molar-refractivity contribution >= 4 is 5.91 Å². The van der Waals surface area contributed by atoms with E-state index in [4.69, 9.17) is 18.7 Å². The molecule has 1 saturated heterocycles. The molecule has 2 heterocycles. The topological polar surface area (TPSA) is 86.9 Å². The van der Waals surface area contributed by atoms with Crippen LogP contribution in [0.5, 0.6) is 17.2 Å².